The fourth-order valence-electron chi connectivity index (χ4n) is 3.58. The number of halogens is 2. The molecule has 1 aliphatic rings. The summed E-state index contributed by atoms with van der Waals surface area (Å²) in [4.78, 5) is 24.5. The number of non-ortho nitro benzene ring substituents is 1. The zero-order valence-corrected chi connectivity index (χ0v) is 18.6. The van der Waals surface area contributed by atoms with Crippen LogP contribution in [0.3, 0.4) is 0 Å². The van der Waals surface area contributed by atoms with Gasteiger partial charge in [0, 0.05) is 38.3 Å². The van der Waals surface area contributed by atoms with Crippen LogP contribution in [0.15, 0.2) is 47.4 Å². The first-order valence-corrected chi connectivity index (χ1v) is 11.4. The predicted molar refractivity (Wildman–Crippen MR) is 114 cm³/mol. The number of carbonyl (C=O) groups excluding carboxylic acids is 1. The van der Waals surface area contributed by atoms with E-state index in [1.54, 1.807) is 13.0 Å². The second-order valence-corrected chi connectivity index (χ2v) is 9.42. The molecule has 14 heteroatoms. The van der Waals surface area contributed by atoms with Gasteiger partial charge in [0.05, 0.1) is 21.2 Å². The summed E-state index contributed by atoms with van der Waals surface area (Å²) in [5, 5.41) is 18.9. The highest BCUT2D eigenvalue weighted by Crippen LogP contribution is 2.22. The van der Waals surface area contributed by atoms with Crippen molar-refractivity contribution in [2.45, 2.75) is 11.8 Å². The number of benzene rings is 2. The van der Waals surface area contributed by atoms with Crippen LogP contribution in [0.4, 0.5) is 14.5 Å². The van der Waals surface area contributed by atoms with Gasteiger partial charge in [-0.3, -0.25) is 14.9 Å². The normalized spacial score (nSPS) is 14.9. The summed E-state index contributed by atoms with van der Waals surface area (Å²) in [5.41, 5.74) is 0.616. The van der Waals surface area contributed by atoms with Crippen LogP contribution < -0.4 is 0 Å². The molecule has 0 bridgehead atoms. The summed E-state index contributed by atoms with van der Waals surface area (Å²) in [6.07, 6.45) is 0. The van der Waals surface area contributed by atoms with Gasteiger partial charge in [-0.25, -0.2) is 21.9 Å². The number of piperazine rings is 1. The van der Waals surface area contributed by atoms with Crippen molar-refractivity contribution in [3.05, 3.63) is 75.6 Å². The van der Waals surface area contributed by atoms with Gasteiger partial charge in [-0.1, -0.05) is 11.3 Å². The molecule has 0 radical (unpaired) electrons. The molecule has 4 rings (SSSR count). The SMILES string of the molecule is Cc1c(C(=O)N2CCN(S(=O)(=O)c3ccc(F)c(F)c3)CC2)nnn1-c1cccc([N+](=O)[O-])c1. The number of nitro benzene ring substituents is 1. The quantitative estimate of drug-likeness (QED) is 0.393. The van der Waals surface area contributed by atoms with Gasteiger partial charge in [-0.15, -0.1) is 5.10 Å². The maximum atomic E-state index is 13.5. The van der Waals surface area contributed by atoms with E-state index in [0.717, 1.165) is 16.4 Å². The number of amides is 1. The molecule has 0 saturated carbocycles. The lowest BCUT2D eigenvalue weighted by molar-refractivity contribution is -0.384. The average Bonchev–Trinajstić information content (AvgIpc) is 3.21. The van der Waals surface area contributed by atoms with E-state index in [1.165, 1.54) is 27.8 Å². The van der Waals surface area contributed by atoms with Crippen LogP contribution in [0.5, 0.6) is 0 Å². The van der Waals surface area contributed by atoms with E-state index >= 15 is 0 Å². The lowest BCUT2D eigenvalue weighted by Gasteiger charge is -2.33. The molecule has 1 aromatic heterocycles. The Kier molecular flexibility index (Phi) is 6.10. The van der Waals surface area contributed by atoms with Crippen molar-refractivity contribution in [2.75, 3.05) is 26.2 Å². The topological polar surface area (TPSA) is 132 Å². The molecule has 3 aromatic rings. The number of hydrogen-bond acceptors (Lipinski definition) is 7. The van der Waals surface area contributed by atoms with Gasteiger partial charge in [0.2, 0.25) is 10.0 Å². The van der Waals surface area contributed by atoms with Crippen molar-refractivity contribution >= 4 is 21.6 Å². The minimum Gasteiger partial charge on any atom is -0.335 e. The Morgan fingerprint density at radius 3 is 2.41 bits per heavy atom. The number of hydrogen-bond donors (Lipinski definition) is 0. The molecule has 0 atom stereocenters. The third-order valence-corrected chi connectivity index (χ3v) is 7.33. The van der Waals surface area contributed by atoms with Crippen molar-refractivity contribution in [2.24, 2.45) is 0 Å². The molecule has 11 nitrogen and oxygen atoms in total. The lowest BCUT2D eigenvalue weighted by atomic mass is 10.2. The summed E-state index contributed by atoms with van der Waals surface area (Å²) < 4.78 is 54.6. The van der Waals surface area contributed by atoms with Crippen molar-refractivity contribution in [3.8, 4) is 5.69 Å². The van der Waals surface area contributed by atoms with E-state index < -0.39 is 32.5 Å². The van der Waals surface area contributed by atoms with Crippen LogP contribution in [0.1, 0.15) is 16.2 Å². The zero-order chi connectivity index (χ0) is 24.6. The van der Waals surface area contributed by atoms with Crippen molar-refractivity contribution in [3.63, 3.8) is 0 Å². The third kappa shape index (κ3) is 4.24. The Hall–Kier alpha value is -3.78. The maximum Gasteiger partial charge on any atom is 0.276 e. The first-order valence-electron chi connectivity index (χ1n) is 10.0. The minimum atomic E-state index is -4.06. The highest BCUT2D eigenvalue weighted by Gasteiger charge is 2.32. The first-order chi connectivity index (χ1) is 16.1. The van der Waals surface area contributed by atoms with E-state index in [1.807, 2.05) is 0 Å². The van der Waals surface area contributed by atoms with Gasteiger partial charge in [0.25, 0.3) is 11.6 Å². The van der Waals surface area contributed by atoms with E-state index in [0.29, 0.717) is 17.4 Å². The number of rotatable bonds is 5. The average molecular weight is 492 g/mol. The molecule has 1 amide bonds. The van der Waals surface area contributed by atoms with Crippen LogP contribution in [-0.4, -0.2) is 69.6 Å². The molecule has 0 unspecified atom stereocenters. The van der Waals surface area contributed by atoms with Gasteiger partial charge < -0.3 is 4.90 Å². The van der Waals surface area contributed by atoms with E-state index in [4.69, 9.17) is 0 Å². The highest BCUT2D eigenvalue weighted by atomic mass is 32.2. The van der Waals surface area contributed by atoms with Crippen molar-refractivity contribution < 1.29 is 26.9 Å². The second kappa shape index (κ2) is 8.87. The van der Waals surface area contributed by atoms with Crippen LogP contribution in [0.25, 0.3) is 5.69 Å². The van der Waals surface area contributed by atoms with E-state index in [2.05, 4.69) is 10.3 Å². The highest BCUT2D eigenvalue weighted by molar-refractivity contribution is 7.89. The van der Waals surface area contributed by atoms with Gasteiger partial charge in [0.15, 0.2) is 17.3 Å². The molecule has 178 valence electrons. The Morgan fingerprint density at radius 1 is 1.06 bits per heavy atom. The standard InChI is InChI=1S/C20H18F2N6O5S/c1-13-19(23-24-27(13)14-3-2-4-15(11-14)28(30)31)20(29)25-7-9-26(10-8-25)34(32,33)16-5-6-17(21)18(22)12-16/h2-6,11-12H,7-10H2,1H3. The minimum absolute atomic E-state index is 0.0309. The summed E-state index contributed by atoms with van der Waals surface area (Å²) in [5.74, 6) is -2.89. The number of sulfonamides is 1. The van der Waals surface area contributed by atoms with Crippen LogP contribution in [-0.2, 0) is 10.0 Å². The Bertz CT molecular complexity index is 1390. The van der Waals surface area contributed by atoms with Crippen molar-refractivity contribution in [1.29, 1.82) is 0 Å². The summed E-state index contributed by atoms with van der Waals surface area (Å²) >= 11 is 0. The Balaban J connectivity index is 1.48. The van der Waals surface area contributed by atoms with E-state index in [-0.39, 0.29) is 42.5 Å². The molecule has 2 heterocycles. The van der Waals surface area contributed by atoms with Gasteiger partial charge >= 0.3 is 0 Å². The molecular weight excluding hydrogens is 474 g/mol. The second-order valence-electron chi connectivity index (χ2n) is 7.48. The molecule has 1 saturated heterocycles. The number of aromatic nitrogens is 3. The van der Waals surface area contributed by atoms with Gasteiger partial charge in [-0.05, 0) is 31.2 Å². The Morgan fingerprint density at radius 2 is 1.76 bits per heavy atom. The van der Waals surface area contributed by atoms with E-state index in [9.17, 15) is 32.1 Å². The fourth-order valence-corrected chi connectivity index (χ4v) is 5.01. The molecule has 0 N–H and O–H groups in total. The Labute approximate surface area is 192 Å². The third-order valence-electron chi connectivity index (χ3n) is 5.44. The zero-order valence-electron chi connectivity index (χ0n) is 17.8. The molecule has 0 spiro atoms. The van der Waals surface area contributed by atoms with Crippen LogP contribution in [0.2, 0.25) is 0 Å². The molecule has 0 aliphatic carbocycles. The monoisotopic (exact) mass is 492 g/mol. The maximum absolute atomic E-state index is 13.5. The molecule has 1 fully saturated rings. The van der Waals surface area contributed by atoms with Crippen molar-refractivity contribution in [1.82, 2.24) is 24.2 Å². The number of carbonyl (C=O) groups is 1. The summed E-state index contributed by atoms with van der Waals surface area (Å²) in [6, 6.07) is 8.06. The summed E-state index contributed by atoms with van der Waals surface area (Å²) in [6.45, 7) is 1.59. The summed E-state index contributed by atoms with van der Waals surface area (Å²) in [7, 11) is -4.06. The molecule has 1 aliphatic heterocycles. The smallest absolute Gasteiger partial charge is 0.276 e. The van der Waals surface area contributed by atoms with Gasteiger partial charge in [-0.2, -0.15) is 4.31 Å². The van der Waals surface area contributed by atoms with Crippen LogP contribution >= 0.6 is 0 Å². The number of nitrogens with zero attached hydrogens (tertiary/aromatic N) is 6. The largest absolute Gasteiger partial charge is 0.335 e. The van der Waals surface area contributed by atoms with Crippen LogP contribution in [0, 0.1) is 28.7 Å². The number of nitro groups is 1. The molecule has 2 aromatic carbocycles. The lowest BCUT2D eigenvalue weighted by Crippen LogP contribution is -2.50. The molecular formula is C20H18F2N6O5S. The predicted octanol–water partition coefficient (Wildman–Crippen LogP) is 1.91. The van der Waals surface area contributed by atoms with Gasteiger partial charge in [0.1, 0.15) is 0 Å². The first kappa shape index (κ1) is 23.4. The molecule has 34 heavy (non-hydrogen) atoms. The fraction of sp³-hybridized carbons (Fsp3) is 0.250.